The largest absolute Gasteiger partial charge is 0.468 e. The van der Waals surface area contributed by atoms with E-state index in [4.69, 9.17) is 4.98 Å². The normalized spacial score (nSPS) is 10.7. The minimum Gasteiger partial charge on any atom is -0.468 e. The van der Waals surface area contributed by atoms with Crippen LogP contribution in [0.1, 0.15) is 10.4 Å². The highest BCUT2D eigenvalue weighted by molar-refractivity contribution is 7.13. The lowest BCUT2D eigenvalue weighted by atomic mass is 10.0. The van der Waals surface area contributed by atoms with Crippen LogP contribution in [0.5, 0.6) is 0 Å². The van der Waals surface area contributed by atoms with E-state index in [1.165, 1.54) is 7.11 Å². The van der Waals surface area contributed by atoms with Gasteiger partial charge in [-0.2, -0.15) is 0 Å². The zero-order valence-electron chi connectivity index (χ0n) is 15.7. The zero-order valence-corrected chi connectivity index (χ0v) is 16.5. The molecule has 0 unspecified atom stereocenters. The summed E-state index contributed by atoms with van der Waals surface area (Å²) in [6.45, 7) is -0.158. The molecular formula is C23H18N2O3S. The number of rotatable bonds is 5. The number of amides is 1. The second-order valence-electron chi connectivity index (χ2n) is 6.44. The summed E-state index contributed by atoms with van der Waals surface area (Å²) in [6, 6.07) is 21.6. The van der Waals surface area contributed by atoms with Crippen molar-refractivity contribution in [1.29, 1.82) is 0 Å². The maximum Gasteiger partial charge on any atom is 0.325 e. The summed E-state index contributed by atoms with van der Waals surface area (Å²) in [5, 5.41) is 7.49. The number of fused-ring (bicyclic) bond motifs is 1. The van der Waals surface area contributed by atoms with Crippen LogP contribution in [0.3, 0.4) is 0 Å². The van der Waals surface area contributed by atoms with E-state index in [1.807, 2.05) is 66.0 Å². The molecule has 0 radical (unpaired) electrons. The van der Waals surface area contributed by atoms with Crippen molar-refractivity contribution >= 4 is 34.0 Å². The molecule has 1 aromatic heterocycles. The van der Waals surface area contributed by atoms with Gasteiger partial charge in [0.05, 0.1) is 12.8 Å². The van der Waals surface area contributed by atoms with Crippen LogP contribution in [0.4, 0.5) is 0 Å². The third-order valence-corrected chi connectivity index (χ3v) is 5.44. The molecule has 3 aromatic carbocycles. The Kier molecular flexibility index (Phi) is 5.35. The fourth-order valence-electron chi connectivity index (χ4n) is 3.00. The van der Waals surface area contributed by atoms with Gasteiger partial charge in [-0.05, 0) is 29.0 Å². The Hall–Kier alpha value is -3.51. The summed E-state index contributed by atoms with van der Waals surface area (Å²) in [5.41, 5.74) is 3.52. The molecule has 0 fully saturated rings. The number of hydrogen-bond donors (Lipinski definition) is 1. The number of esters is 1. The predicted molar refractivity (Wildman–Crippen MR) is 115 cm³/mol. The van der Waals surface area contributed by atoms with Crippen molar-refractivity contribution in [3.05, 3.63) is 77.7 Å². The van der Waals surface area contributed by atoms with Gasteiger partial charge in [-0.15, -0.1) is 11.3 Å². The fraction of sp³-hybridized carbons (Fsp3) is 0.0870. The molecule has 0 bridgehead atoms. The number of nitrogens with zero attached hydrogens (tertiary/aromatic N) is 1. The summed E-state index contributed by atoms with van der Waals surface area (Å²) < 4.78 is 4.55. The van der Waals surface area contributed by atoms with Crippen molar-refractivity contribution < 1.29 is 14.3 Å². The molecule has 0 saturated heterocycles. The molecule has 144 valence electrons. The Bertz CT molecular complexity index is 1190. The Morgan fingerprint density at radius 3 is 2.55 bits per heavy atom. The van der Waals surface area contributed by atoms with Crippen molar-refractivity contribution in [2.75, 3.05) is 13.7 Å². The van der Waals surface area contributed by atoms with E-state index < -0.39 is 5.97 Å². The molecule has 4 rings (SSSR count). The smallest absolute Gasteiger partial charge is 0.325 e. The molecule has 0 aliphatic heterocycles. The molecule has 1 N–H and O–H groups in total. The number of carbonyl (C=O) groups excluding carboxylic acids is 2. The fourth-order valence-corrected chi connectivity index (χ4v) is 3.82. The number of methoxy groups -OCH3 is 1. The minimum atomic E-state index is -0.487. The van der Waals surface area contributed by atoms with Crippen LogP contribution in [0.15, 0.2) is 72.1 Å². The lowest BCUT2D eigenvalue weighted by Crippen LogP contribution is -2.30. The maximum atomic E-state index is 12.3. The summed E-state index contributed by atoms with van der Waals surface area (Å²) in [4.78, 5) is 28.3. The van der Waals surface area contributed by atoms with E-state index in [0.717, 1.165) is 32.6 Å². The molecule has 1 heterocycles. The molecule has 0 aliphatic carbocycles. The van der Waals surface area contributed by atoms with Crippen molar-refractivity contribution in [3.63, 3.8) is 0 Å². The third kappa shape index (κ3) is 4.17. The first-order chi connectivity index (χ1) is 14.1. The molecule has 29 heavy (non-hydrogen) atoms. The van der Waals surface area contributed by atoms with Crippen molar-refractivity contribution in [1.82, 2.24) is 10.3 Å². The van der Waals surface area contributed by atoms with Gasteiger partial charge in [-0.25, -0.2) is 4.98 Å². The molecule has 5 nitrogen and oxygen atoms in total. The van der Waals surface area contributed by atoms with Gasteiger partial charge in [0.25, 0.3) is 5.91 Å². The van der Waals surface area contributed by atoms with Crippen molar-refractivity contribution in [2.24, 2.45) is 0 Å². The molecule has 0 atom stereocenters. The van der Waals surface area contributed by atoms with Gasteiger partial charge < -0.3 is 10.1 Å². The van der Waals surface area contributed by atoms with Gasteiger partial charge in [-0.1, -0.05) is 48.5 Å². The predicted octanol–water partition coefficient (Wildman–Crippen LogP) is 4.53. The molecule has 0 aliphatic rings. The number of nitrogens with one attached hydrogen (secondary N) is 1. The molecule has 0 spiro atoms. The number of benzene rings is 3. The highest BCUT2D eigenvalue weighted by atomic mass is 32.1. The standard InChI is InChI=1S/C23H18N2O3S/c1-28-21(26)13-24-22(27)17-9-7-15-8-10-18(12-19(15)11-17)23-25-20(14-29-23)16-5-3-2-4-6-16/h2-12,14H,13H2,1H3,(H,24,27). The summed E-state index contributed by atoms with van der Waals surface area (Å²) in [7, 11) is 1.29. The lowest BCUT2D eigenvalue weighted by molar-refractivity contribution is -0.139. The van der Waals surface area contributed by atoms with Crippen molar-refractivity contribution in [2.45, 2.75) is 0 Å². The van der Waals surface area contributed by atoms with Crippen LogP contribution >= 0.6 is 11.3 Å². The number of ether oxygens (including phenoxy) is 1. The second-order valence-corrected chi connectivity index (χ2v) is 7.30. The number of carbonyl (C=O) groups is 2. The SMILES string of the molecule is COC(=O)CNC(=O)c1ccc2ccc(-c3nc(-c4ccccc4)cs3)cc2c1. The highest BCUT2D eigenvalue weighted by Gasteiger charge is 2.11. The Balaban J connectivity index is 1.61. The van der Waals surface area contributed by atoms with Gasteiger partial charge in [0, 0.05) is 22.1 Å². The first kappa shape index (κ1) is 18.8. The first-order valence-electron chi connectivity index (χ1n) is 9.04. The average molecular weight is 402 g/mol. The molecule has 4 aromatic rings. The van der Waals surface area contributed by atoms with E-state index in [9.17, 15) is 9.59 Å². The zero-order chi connectivity index (χ0) is 20.2. The minimum absolute atomic E-state index is 0.158. The first-order valence-corrected chi connectivity index (χ1v) is 9.92. The van der Waals surface area contributed by atoms with Crippen LogP contribution in [0, 0.1) is 0 Å². The summed E-state index contributed by atoms with van der Waals surface area (Å²) >= 11 is 1.59. The summed E-state index contributed by atoms with van der Waals surface area (Å²) in [5.74, 6) is -0.803. The third-order valence-electron chi connectivity index (χ3n) is 4.54. The average Bonchev–Trinajstić information content (AvgIpc) is 3.27. The molecule has 6 heteroatoms. The maximum absolute atomic E-state index is 12.3. The lowest BCUT2D eigenvalue weighted by Gasteiger charge is -2.06. The molecule has 1 amide bonds. The molecule has 0 saturated carbocycles. The Labute approximate surface area is 172 Å². The van der Waals surface area contributed by atoms with E-state index in [2.05, 4.69) is 10.1 Å². The van der Waals surface area contributed by atoms with E-state index >= 15 is 0 Å². The monoisotopic (exact) mass is 402 g/mol. The highest BCUT2D eigenvalue weighted by Crippen LogP contribution is 2.31. The van der Waals surface area contributed by atoms with Gasteiger partial charge in [0.15, 0.2) is 0 Å². The number of thiazole rings is 1. The second kappa shape index (κ2) is 8.24. The topological polar surface area (TPSA) is 68.3 Å². The van der Waals surface area contributed by atoms with Crippen molar-refractivity contribution in [3.8, 4) is 21.8 Å². The number of aromatic nitrogens is 1. The van der Waals surface area contributed by atoms with Crippen LogP contribution in [-0.2, 0) is 9.53 Å². The van der Waals surface area contributed by atoms with E-state index in [1.54, 1.807) is 17.4 Å². The Morgan fingerprint density at radius 1 is 0.966 bits per heavy atom. The van der Waals surface area contributed by atoms with Crippen LogP contribution < -0.4 is 5.32 Å². The molecular weight excluding hydrogens is 384 g/mol. The van der Waals surface area contributed by atoms with Crippen LogP contribution in [0.25, 0.3) is 32.6 Å². The summed E-state index contributed by atoms with van der Waals surface area (Å²) in [6.07, 6.45) is 0. The van der Waals surface area contributed by atoms with Gasteiger partial charge in [-0.3, -0.25) is 9.59 Å². The number of hydrogen-bond acceptors (Lipinski definition) is 5. The van der Waals surface area contributed by atoms with Crippen LogP contribution in [0.2, 0.25) is 0 Å². The Morgan fingerprint density at radius 2 is 1.76 bits per heavy atom. The quantitative estimate of drug-likeness (QED) is 0.498. The van der Waals surface area contributed by atoms with Gasteiger partial charge >= 0.3 is 5.97 Å². The van der Waals surface area contributed by atoms with E-state index in [0.29, 0.717) is 5.56 Å². The van der Waals surface area contributed by atoms with E-state index in [-0.39, 0.29) is 12.5 Å². The van der Waals surface area contributed by atoms with Gasteiger partial charge in [0.2, 0.25) is 0 Å². The van der Waals surface area contributed by atoms with Crippen LogP contribution in [-0.4, -0.2) is 30.5 Å². The van der Waals surface area contributed by atoms with Gasteiger partial charge in [0.1, 0.15) is 11.6 Å².